The second kappa shape index (κ2) is 7.34. The smallest absolute Gasteiger partial charge is 0.485 e. The lowest BCUT2D eigenvalue weighted by Gasteiger charge is -2.11. The standard InChI is InChI=1S/C8H15OS.CHF3O3S/c1-8(9)7-10-5-3-2-4-6-10;2-1(3,4)8(5,6)7/h2-7H2,1H3;(H,5,6,7)/q+1;/p-1. The number of Topliss-reactive ketones (excluding diaryl/α,β-unsaturated/α-hetero) is 1. The second-order valence-corrected chi connectivity index (χ2v) is 7.53. The van der Waals surface area contributed by atoms with Gasteiger partial charge in [-0.25, -0.2) is 8.42 Å². The number of rotatable bonds is 2. The van der Waals surface area contributed by atoms with E-state index in [0.717, 1.165) is 5.75 Å². The van der Waals surface area contributed by atoms with Gasteiger partial charge in [-0.1, -0.05) is 0 Å². The van der Waals surface area contributed by atoms with Crippen LogP contribution in [0.2, 0.25) is 0 Å². The molecule has 1 aliphatic heterocycles. The molecule has 1 aliphatic rings. The van der Waals surface area contributed by atoms with E-state index >= 15 is 0 Å². The predicted octanol–water partition coefficient (Wildman–Crippen LogP) is 1.43. The maximum atomic E-state index is 10.7. The molecule has 0 unspecified atom stereocenters. The number of hydrogen-bond donors (Lipinski definition) is 0. The third-order valence-electron chi connectivity index (χ3n) is 2.06. The van der Waals surface area contributed by atoms with Crippen molar-refractivity contribution in [1.82, 2.24) is 0 Å². The van der Waals surface area contributed by atoms with Gasteiger partial charge in [-0.2, -0.15) is 13.2 Å². The molecule has 0 aromatic carbocycles. The van der Waals surface area contributed by atoms with E-state index < -0.39 is 15.6 Å². The Balaban J connectivity index is 0.000000331. The minimum atomic E-state index is -6.09. The number of halogens is 3. The summed E-state index contributed by atoms with van der Waals surface area (Å²) in [5, 5.41) is 0. The Morgan fingerprint density at radius 2 is 1.61 bits per heavy atom. The lowest BCUT2D eigenvalue weighted by atomic mass is 10.3. The van der Waals surface area contributed by atoms with Gasteiger partial charge in [0, 0.05) is 0 Å². The largest absolute Gasteiger partial charge is 0.741 e. The molecular formula is C9H15F3O4S2. The third-order valence-corrected chi connectivity index (χ3v) is 5.17. The first-order valence-electron chi connectivity index (χ1n) is 5.19. The Morgan fingerprint density at radius 1 is 1.22 bits per heavy atom. The van der Waals surface area contributed by atoms with Crippen LogP contribution in [0.15, 0.2) is 0 Å². The molecule has 0 aliphatic carbocycles. The van der Waals surface area contributed by atoms with Crippen molar-refractivity contribution in [3.63, 3.8) is 0 Å². The van der Waals surface area contributed by atoms with Gasteiger partial charge in [0.25, 0.3) is 0 Å². The fourth-order valence-electron chi connectivity index (χ4n) is 1.32. The lowest BCUT2D eigenvalue weighted by molar-refractivity contribution is -0.114. The first kappa shape index (κ1) is 17.7. The highest BCUT2D eigenvalue weighted by atomic mass is 32.2. The highest BCUT2D eigenvalue weighted by Crippen LogP contribution is 2.20. The summed E-state index contributed by atoms with van der Waals surface area (Å²) in [6.07, 6.45) is 4.11. The normalized spacial score (nSPS) is 17.8. The van der Waals surface area contributed by atoms with Crippen molar-refractivity contribution < 1.29 is 30.9 Å². The van der Waals surface area contributed by atoms with Gasteiger partial charge in [0.1, 0.15) is 11.5 Å². The van der Waals surface area contributed by atoms with Crippen molar-refractivity contribution in [3.05, 3.63) is 0 Å². The monoisotopic (exact) mass is 308 g/mol. The molecule has 18 heavy (non-hydrogen) atoms. The topological polar surface area (TPSA) is 74.3 Å². The molecule has 0 radical (unpaired) electrons. The summed E-state index contributed by atoms with van der Waals surface area (Å²) in [6, 6.07) is 0. The zero-order chi connectivity index (χ0) is 14.4. The van der Waals surface area contributed by atoms with E-state index in [4.69, 9.17) is 13.0 Å². The molecule has 1 saturated heterocycles. The molecule has 0 atom stereocenters. The summed E-state index contributed by atoms with van der Waals surface area (Å²) < 4.78 is 58.9. The fourth-order valence-corrected chi connectivity index (χ4v) is 3.62. The van der Waals surface area contributed by atoms with E-state index in [0.29, 0.717) is 16.7 Å². The Morgan fingerprint density at radius 3 is 1.89 bits per heavy atom. The van der Waals surface area contributed by atoms with E-state index in [-0.39, 0.29) is 0 Å². The Hall–Kier alpha value is -0.280. The van der Waals surface area contributed by atoms with Crippen LogP contribution < -0.4 is 0 Å². The molecule has 108 valence electrons. The SMILES string of the molecule is CC(=O)C[S+]1CCCCC1.O=S(=O)([O-])C(F)(F)F. The van der Waals surface area contributed by atoms with E-state index in [1.807, 2.05) is 0 Å². The number of alkyl halides is 3. The summed E-state index contributed by atoms with van der Waals surface area (Å²) in [5.41, 5.74) is -5.65. The molecule has 0 aromatic heterocycles. The lowest BCUT2D eigenvalue weighted by Crippen LogP contribution is -2.24. The number of hydrogen-bond acceptors (Lipinski definition) is 4. The van der Waals surface area contributed by atoms with Gasteiger partial charge in [0.15, 0.2) is 21.7 Å². The first-order valence-corrected chi connectivity index (χ1v) is 8.34. The van der Waals surface area contributed by atoms with Gasteiger partial charge in [0.2, 0.25) is 0 Å². The van der Waals surface area contributed by atoms with Crippen molar-refractivity contribution in [2.45, 2.75) is 31.7 Å². The molecule has 9 heteroatoms. The van der Waals surface area contributed by atoms with Crippen molar-refractivity contribution in [3.8, 4) is 0 Å². The zero-order valence-electron chi connectivity index (χ0n) is 9.83. The molecular weight excluding hydrogens is 293 g/mol. The van der Waals surface area contributed by atoms with Crippen LogP contribution in [-0.4, -0.2) is 41.5 Å². The van der Waals surface area contributed by atoms with E-state index in [1.54, 1.807) is 6.92 Å². The van der Waals surface area contributed by atoms with Crippen LogP contribution in [0.4, 0.5) is 13.2 Å². The van der Waals surface area contributed by atoms with Gasteiger partial charge < -0.3 is 4.55 Å². The summed E-state index contributed by atoms with van der Waals surface area (Å²) in [7, 11) is -5.61. The summed E-state index contributed by atoms with van der Waals surface area (Å²) >= 11 is 0. The zero-order valence-corrected chi connectivity index (χ0v) is 11.5. The molecule has 0 aromatic rings. The Labute approximate surface area is 107 Å². The minimum Gasteiger partial charge on any atom is -0.741 e. The van der Waals surface area contributed by atoms with Gasteiger partial charge in [0.05, 0.1) is 0 Å². The molecule has 1 rings (SSSR count). The molecule has 4 nitrogen and oxygen atoms in total. The predicted molar refractivity (Wildman–Crippen MR) is 62.3 cm³/mol. The molecule has 0 spiro atoms. The van der Waals surface area contributed by atoms with Crippen LogP contribution in [0, 0.1) is 0 Å². The van der Waals surface area contributed by atoms with Gasteiger partial charge in [-0.15, -0.1) is 0 Å². The van der Waals surface area contributed by atoms with Crippen molar-refractivity contribution >= 4 is 26.8 Å². The van der Waals surface area contributed by atoms with Crippen LogP contribution >= 0.6 is 0 Å². The van der Waals surface area contributed by atoms with Crippen molar-refractivity contribution in [2.24, 2.45) is 0 Å². The minimum absolute atomic E-state index is 0.380. The second-order valence-electron chi connectivity index (χ2n) is 3.83. The van der Waals surface area contributed by atoms with Crippen molar-refractivity contribution in [2.75, 3.05) is 17.3 Å². The van der Waals surface area contributed by atoms with E-state index in [9.17, 15) is 18.0 Å². The highest BCUT2D eigenvalue weighted by Gasteiger charge is 2.36. The molecule has 0 bridgehead atoms. The molecule has 0 saturated carbocycles. The average molecular weight is 308 g/mol. The van der Waals surface area contributed by atoms with Crippen LogP contribution in [-0.2, 0) is 25.8 Å². The Kier molecular flexibility index (Phi) is 7.23. The van der Waals surface area contributed by atoms with E-state index in [2.05, 4.69) is 0 Å². The van der Waals surface area contributed by atoms with Crippen LogP contribution in [0.5, 0.6) is 0 Å². The number of carbonyl (C=O) groups is 1. The van der Waals surface area contributed by atoms with E-state index in [1.165, 1.54) is 30.8 Å². The third kappa shape index (κ3) is 7.93. The van der Waals surface area contributed by atoms with Crippen molar-refractivity contribution in [1.29, 1.82) is 0 Å². The molecule has 1 heterocycles. The van der Waals surface area contributed by atoms with Gasteiger partial charge in [-0.3, -0.25) is 4.79 Å². The summed E-state index contributed by atoms with van der Waals surface area (Å²) in [5.74, 6) is 3.88. The summed E-state index contributed by atoms with van der Waals surface area (Å²) in [4.78, 5) is 10.7. The average Bonchev–Trinajstić information content (AvgIpc) is 2.15. The maximum Gasteiger partial charge on any atom is 0.485 e. The highest BCUT2D eigenvalue weighted by molar-refractivity contribution is 7.97. The molecule has 1 fully saturated rings. The molecule has 0 N–H and O–H groups in total. The number of carbonyl (C=O) groups excluding carboxylic acids is 1. The van der Waals surface area contributed by atoms with Crippen LogP contribution in [0.25, 0.3) is 0 Å². The first-order chi connectivity index (χ1) is 8.04. The number of ketones is 1. The van der Waals surface area contributed by atoms with Crippen LogP contribution in [0.3, 0.4) is 0 Å². The van der Waals surface area contributed by atoms with Gasteiger partial charge >= 0.3 is 5.51 Å². The maximum absolute atomic E-state index is 10.7. The van der Waals surface area contributed by atoms with Crippen LogP contribution in [0.1, 0.15) is 26.2 Å². The fraction of sp³-hybridized carbons (Fsp3) is 0.889. The van der Waals surface area contributed by atoms with Gasteiger partial charge in [-0.05, 0) is 37.1 Å². The molecule has 0 amide bonds. The Bertz CT molecular complexity index is 358. The summed E-state index contributed by atoms with van der Waals surface area (Å²) in [6.45, 7) is 1.71. The quantitative estimate of drug-likeness (QED) is 0.439.